The topological polar surface area (TPSA) is 70.2 Å². The second-order valence-corrected chi connectivity index (χ2v) is 8.25. The molecule has 2 saturated carbocycles. The Hall–Kier alpha value is -1.56. The van der Waals surface area contributed by atoms with Gasteiger partial charge in [-0.3, -0.25) is 5.10 Å². The second-order valence-electron chi connectivity index (χ2n) is 8.25. The number of aromatic nitrogens is 2. The van der Waals surface area contributed by atoms with Gasteiger partial charge in [0.1, 0.15) is 0 Å². The molecule has 1 spiro atoms. The zero-order valence-electron chi connectivity index (χ0n) is 15.9. The molecule has 6 heteroatoms. The molecule has 2 amide bonds. The number of urea groups is 1. The fraction of sp³-hybridized carbons (Fsp3) is 0.800. The van der Waals surface area contributed by atoms with Crippen LogP contribution in [-0.4, -0.2) is 53.0 Å². The minimum absolute atomic E-state index is 0.123. The highest BCUT2D eigenvalue weighted by molar-refractivity contribution is 5.75. The summed E-state index contributed by atoms with van der Waals surface area (Å²) in [6.07, 6.45) is 11.4. The number of carbonyl (C=O) groups excluding carboxylic acids is 1. The van der Waals surface area contributed by atoms with Gasteiger partial charge in [-0.1, -0.05) is 19.3 Å². The van der Waals surface area contributed by atoms with E-state index < -0.39 is 0 Å². The summed E-state index contributed by atoms with van der Waals surface area (Å²) < 4.78 is 6.01. The first-order valence-corrected chi connectivity index (χ1v) is 10.4. The van der Waals surface area contributed by atoms with Gasteiger partial charge in [-0.2, -0.15) is 5.10 Å². The van der Waals surface area contributed by atoms with Crippen LogP contribution in [0.2, 0.25) is 0 Å². The van der Waals surface area contributed by atoms with Crippen molar-refractivity contribution in [2.45, 2.75) is 76.4 Å². The van der Waals surface area contributed by atoms with Crippen molar-refractivity contribution in [3.63, 3.8) is 0 Å². The summed E-state index contributed by atoms with van der Waals surface area (Å²) >= 11 is 0. The number of nitrogens with zero attached hydrogens (tertiary/aromatic N) is 2. The van der Waals surface area contributed by atoms with Crippen molar-refractivity contribution in [1.29, 1.82) is 0 Å². The largest absolute Gasteiger partial charge is 0.378 e. The van der Waals surface area contributed by atoms with Crippen molar-refractivity contribution >= 4 is 6.03 Å². The third-order valence-corrected chi connectivity index (χ3v) is 6.98. The lowest BCUT2D eigenvalue weighted by atomic mass is 9.55. The van der Waals surface area contributed by atoms with Crippen LogP contribution in [0.15, 0.2) is 12.3 Å². The number of H-pyrrole nitrogens is 1. The SMILES string of the molecule is CCOC1CC(NC(=O)N2CCC(c3ccn[nH]3)CC2)C12CCCCC2. The molecule has 2 heterocycles. The van der Waals surface area contributed by atoms with E-state index >= 15 is 0 Å². The lowest BCUT2D eigenvalue weighted by molar-refractivity contribution is -0.147. The first-order valence-electron chi connectivity index (χ1n) is 10.4. The maximum absolute atomic E-state index is 12.8. The Morgan fingerprint density at radius 3 is 2.77 bits per heavy atom. The molecule has 1 aromatic heterocycles. The predicted octanol–water partition coefficient (Wildman–Crippen LogP) is 3.43. The molecule has 26 heavy (non-hydrogen) atoms. The van der Waals surface area contributed by atoms with Crippen LogP contribution < -0.4 is 5.32 Å². The maximum Gasteiger partial charge on any atom is 0.317 e. The van der Waals surface area contributed by atoms with Crippen LogP contribution in [0.1, 0.15) is 69.9 Å². The quantitative estimate of drug-likeness (QED) is 0.864. The molecule has 0 bridgehead atoms. The average Bonchev–Trinajstić information content (AvgIpc) is 3.23. The number of hydrogen-bond acceptors (Lipinski definition) is 3. The van der Waals surface area contributed by atoms with E-state index in [1.54, 1.807) is 0 Å². The van der Waals surface area contributed by atoms with Crippen LogP contribution in [0.25, 0.3) is 0 Å². The Balaban J connectivity index is 1.32. The molecule has 6 nitrogen and oxygen atoms in total. The van der Waals surface area contributed by atoms with E-state index in [1.165, 1.54) is 37.8 Å². The van der Waals surface area contributed by atoms with E-state index in [0.717, 1.165) is 39.0 Å². The molecule has 3 aliphatic rings. The minimum atomic E-state index is 0.123. The fourth-order valence-corrected chi connectivity index (χ4v) is 5.39. The third kappa shape index (κ3) is 3.24. The Kier molecular flexibility index (Phi) is 5.20. The number of piperidine rings is 1. The van der Waals surface area contributed by atoms with Crippen LogP contribution in [0.3, 0.4) is 0 Å². The number of aromatic amines is 1. The van der Waals surface area contributed by atoms with Crippen molar-refractivity contribution in [1.82, 2.24) is 20.4 Å². The summed E-state index contributed by atoms with van der Waals surface area (Å²) in [6, 6.07) is 2.46. The number of hydrogen-bond donors (Lipinski definition) is 2. The van der Waals surface area contributed by atoms with Crippen molar-refractivity contribution in [2.75, 3.05) is 19.7 Å². The van der Waals surface area contributed by atoms with Gasteiger partial charge in [-0.05, 0) is 45.1 Å². The highest BCUT2D eigenvalue weighted by atomic mass is 16.5. The van der Waals surface area contributed by atoms with E-state index in [2.05, 4.69) is 28.5 Å². The minimum Gasteiger partial charge on any atom is -0.378 e. The normalized spacial score (nSPS) is 28.7. The fourth-order valence-electron chi connectivity index (χ4n) is 5.39. The number of ether oxygens (including phenoxy) is 1. The van der Waals surface area contributed by atoms with E-state index in [-0.39, 0.29) is 17.5 Å². The number of carbonyl (C=O) groups is 1. The molecule has 2 atom stereocenters. The van der Waals surface area contributed by atoms with Gasteiger partial charge in [-0.15, -0.1) is 0 Å². The summed E-state index contributed by atoms with van der Waals surface area (Å²) in [6.45, 7) is 4.49. The van der Waals surface area contributed by atoms with Crippen LogP contribution in [0.5, 0.6) is 0 Å². The lowest BCUT2D eigenvalue weighted by Crippen LogP contribution is -2.66. The first-order chi connectivity index (χ1) is 12.7. The monoisotopic (exact) mass is 360 g/mol. The smallest absolute Gasteiger partial charge is 0.317 e. The van der Waals surface area contributed by atoms with Crippen molar-refractivity contribution < 1.29 is 9.53 Å². The Bertz CT molecular complexity index is 589. The molecule has 1 aliphatic heterocycles. The summed E-state index contributed by atoms with van der Waals surface area (Å²) in [4.78, 5) is 14.8. The summed E-state index contributed by atoms with van der Waals surface area (Å²) in [5.74, 6) is 0.497. The molecular formula is C20H32N4O2. The van der Waals surface area contributed by atoms with Crippen molar-refractivity contribution in [3.8, 4) is 0 Å². The zero-order chi connectivity index (χ0) is 18.0. The summed E-state index contributed by atoms with van der Waals surface area (Å²) in [7, 11) is 0. The number of likely N-dealkylation sites (tertiary alicyclic amines) is 1. The van der Waals surface area contributed by atoms with Gasteiger partial charge in [0.15, 0.2) is 0 Å². The molecule has 144 valence electrons. The van der Waals surface area contributed by atoms with Crippen LogP contribution in [-0.2, 0) is 4.74 Å². The second kappa shape index (κ2) is 7.59. The van der Waals surface area contributed by atoms with E-state index in [4.69, 9.17) is 4.74 Å². The Morgan fingerprint density at radius 2 is 2.12 bits per heavy atom. The number of rotatable bonds is 4. The van der Waals surface area contributed by atoms with Gasteiger partial charge in [0, 0.05) is 49.0 Å². The molecule has 1 aromatic rings. The van der Waals surface area contributed by atoms with Gasteiger partial charge in [0.25, 0.3) is 0 Å². The highest BCUT2D eigenvalue weighted by Crippen LogP contribution is 2.53. The molecule has 0 radical (unpaired) electrons. The Morgan fingerprint density at radius 1 is 1.35 bits per heavy atom. The van der Waals surface area contributed by atoms with Crippen molar-refractivity contribution in [3.05, 3.63) is 18.0 Å². The molecule has 2 N–H and O–H groups in total. The van der Waals surface area contributed by atoms with Gasteiger partial charge in [0.05, 0.1) is 6.10 Å². The Labute approximate surface area is 156 Å². The molecule has 3 fully saturated rings. The highest BCUT2D eigenvalue weighted by Gasteiger charge is 2.56. The standard InChI is InChI=1S/C20H32N4O2/c1-2-26-18-14-17(20(18)9-4-3-5-10-20)22-19(25)24-12-7-15(8-13-24)16-6-11-21-23-16/h6,11,15,17-18H,2-5,7-10,12-14H2,1H3,(H,21,23)(H,22,25). The number of nitrogens with one attached hydrogen (secondary N) is 2. The summed E-state index contributed by atoms with van der Waals surface area (Å²) in [5.41, 5.74) is 1.39. The molecule has 1 saturated heterocycles. The van der Waals surface area contributed by atoms with Gasteiger partial charge >= 0.3 is 6.03 Å². The molecule has 4 rings (SSSR count). The average molecular weight is 361 g/mol. The third-order valence-electron chi connectivity index (χ3n) is 6.98. The van der Waals surface area contributed by atoms with E-state index in [1.807, 2.05) is 11.1 Å². The van der Waals surface area contributed by atoms with E-state index in [9.17, 15) is 4.79 Å². The van der Waals surface area contributed by atoms with Crippen LogP contribution in [0, 0.1) is 5.41 Å². The predicted molar refractivity (Wildman–Crippen MR) is 100 cm³/mol. The van der Waals surface area contributed by atoms with Gasteiger partial charge in [-0.25, -0.2) is 4.79 Å². The van der Waals surface area contributed by atoms with Gasteiger partial charge < -0.3 is 15.0 Å². The molecule has 2 aliphatic carbocycles. The van der Waals surface area contributed by atoms with Gasteiger partial charge in [0.2, 0.25) is 0 Å². The summed E-state index contributed by atoms with van der Waals surface area (Å²) in [5, 5.41) is 10.5. The first kappa shape index (κ1) is 17.8. The number of amides is 2. The maximum atomic E-state index is 12.8. The van der Waals surface area contributed by atoms with E-state index in [0.29, 0.717) is 12.0 Å². The molecular weight excluding hydrogens is 328 g/mol. The lowest BCUT2D eigenvalue weighted by Gasteiger charge is -2.57. The molecule has 2 unspecified atom stereocenters. The van der Waals surface area contributed by atoms with Crippen LogP contribution in [0.4, 0.5) is 4.79 Å². The van der Waals surface area contributed by atoms with Crippen LogP contribution >= 0.6 is 0 Å². The zero-order valence-corrected chi connectivity index (χ0v) is 15.9. The van der Waals surface area contributed by atoms with Crippen molar-refractivity contribution in [2.24, 2.45) is 5.41 Å². The molecule has 0 aromatic carbocycles.